The molecular formula is C13H15ClN4O2. The predicted molar refractivity (Wildman–Crippen MR) is 76.6 cm³/mol. The Morgan fingerprint density at radius 2 is 2.05 bits per heavy atom. The van der Waals surface area contributed by atoms with Gasteiger partial charge in [-0.1, -0.05) is 28.9 Å². The van der Waals surface area contributed by atoms with Crippen LogP contribution in [-0.4, -0.2) is 25.9 Å². The number of benzene rings is 1. The molecular weight excluding hydrogens is 280 g/mol. The van der Waals surface area contributed by atoms with Crippen LogP contribution >= 0.6 is 11.6 Å². The van der Waals surface area contributed by atoms with Crippen molar-refractivity contribution in [2.24, 2.45) is 10.9 Å². The molecule has 20 heavy (non-hydrogen) atoms. The molecule has 0 bridgehead atoms. The average Bonchev–Trinajstić information content (AvgIpc) is 2.88. The van der Waals surface area contributed by atoms with Crippen molar-refractivity contribution >= 4 is 17.4 Å². The lowest BCUT2D eigenvalue weighted by atomic mass is 10.1. The summed E-state index contributed by atoms with van der Waals surface area (Å²) in [5, 5.41) is 25.9. The molecule has 0 amide bonds. The van der Waals surface area contributed by atoms with Gasteiger partial charge in [-0.2, -0.15) is 5.10 Å². The maximum atomic E-state index is 9.40. The fourth-order valence-corrected chi connectivity index (χ4v) is 1.95. The second-order valence-corrected chi connectivity index (χ2v) is 4.71. The predicted octanol–water partition coefficient (Wildman–Crippen LogP) is 1.83. The van der Waals surface area contributed by atoms with Gasteiger partial charge in [0.15, 0.2) is 0 Å². The third kappa shape index (κ3) is 3.28. The van der Waals surface area contributed by atoms with Gasteiger partial charge in [-0.25, -0.2) is 0 Å². The van der Waals surface area contributed by atoms with Crippen LogP contribution in [0.15, 0.2) is 35.6 Å². The summed E-state index contributed by atoms with van der Waals surface area (Å²) in [6, 6.07) is 7.23. The van der Waals surface area contributed by atoms with Crippen LogP contribution in [0.4, 0.5) is 0 Å². The maximum absolute atomic E-state index is 9.40. The lowest BCUT2D eigenvalue weighted by molar-refractivity contribution is 0.282. The number of aromatic nitrogens is 2. The summed E-state index contributed by atoms with van der Waals surface area (Å²) in [5.41, 5.74) is 7.71. The van der Waals surface area contributed by atoms with Gasteiger partial charge in [0.1, 0.15) is 5.84 Å². The van der Waals surface area contributed by atoms with Crippen molar-refractivity contribution in [3.63, 3.8) is 0 Å². The van der Waals surface area contributed by atoms with Crippen LogP contribution in [0.3, 0.4) is 0 Å². The van der Waals surface area contributed by atoms with E-state index < -0.39 is 0 Å². The number of amidine groups is 1. The second-order valence-electron chi connectivity index (χ2n) is 4.27. The normalized spacial score (nSPS) is 11.8. The Bertz CT molecular complexity index is 607. The van der Waals surface area contributed by atoms with Crippen molar-refractivity contribution in [1.29, 1.82) is 0 Å². The van der Waals surface area contributed by atoms with E-state index in [0.717, 1.165) is 5.56 Å². The topological polar surface area (TPSA) is 96.7 Å². The Morgan fingerprint density at radius 1 is 1.35 bits per heavy atom. The first-order valence-electron chi connectivity index (χ1n) is 6.03. The highest BCUT2D eigenvalue weighted by Gasteiger charge is 2.10. The molecule has 0 aliphatic rings. The minimum atomic E-state index is -0.110. The van der Waals surface area contributed by atoms with Crippen LogP contribution in [-0.2, 0) is 13.2 Å². The van der Waals surface area contributed by atoms with E-state index in [0.29, 0.717) is 29.2 Å². The van der Waals surface area contributed by atoms with Gasteiger partial charge >= 0.3 is 0 Å². The highest BCUT2D eigenvalue weighted by atomic mass is 35.5. The molecule has 0 aliphatic carbocycles. The van der Waals surface area contributed by atoms with E-state index in [1.165, 1.54) is 0 Å². The maximum Gasteiger partial charge on any atom is 0.140 e. The Labute approximate surface area is 121 Å². The van der Waals surface area contributed by atoms with Crippen molar-refractivity contribution in [3.05, 3.63) is 41.0 Å². The number of nitrogens with two attached hydrogens (primary N) is 1. The molecule has 0 aliphatic heterocycles. The minimum Gasteiger partial charge on any atom is -0.409 e. The summed E-state index contributed by atoms with van der Waals surface area (Å²) in [7, 11) is 0. The second kappa shape index (κ2) is 6.40. The number of aliphatic hydroxyl groups is 1. The summed E-state index contributed by atoms with van der Waals surface area (Å²) in [4.78, 5) is 0. The number of aliphatic hydroxyl groups excluding tert-OH is 1. The first-order valence-corrected chi connectivity index (χ1v) is 6.41. The zero-order valence-corrected chi connectivity index (χ0v) is 11.5. The molecule has 1 heterocycles. The molecule has 1 aromatic heterocycles. The average molecular weight is 295 g/mol. The van der Waals surface area contributed by atoms with Gasteiger partial charge in [-0.15, -0.1) is 0 Å². The smallest absolute Gasteiger partial charge is 0.140 e. The van der Waals surface area contributed by atoms with Crippen molar-refractivity contribution in [2.45, 2.75) is 19.6 Å². The molecule has 0 saturated carbocycles. The Balaban J connectivity index is 2.24. The number of aryl methyl sites for hydroxylation is 1. The first kappa shape index (κ1) is 14.4. The van der Waals surface area contributed by atoms with Crippen LogP contribution in [0, 0.1) is 0 Å². The fourth-order valence-electron chi connectivity index (χ4n) is 1.82. The van der Waals surface area contributed by atoms with E-state index in [4.69, 9.17) is 22.5 Å². The van der Waals surface area contributed by atoms with Gasteiger partial charge in [0.2, 0.25) is 0 Å². The van der Waals surface area contributed by atoms with Crippen molar-refractivity contribution in [2.75, 3.05) is 0 Å². The van der Waals surface area contributed by atoms with E-state index in [1.54, 1.807) is 23.0 Å². The molecule has 2 aromatic rings. The van der Waals surface area contributed by atoms with Crippen LogP contribution in [0.5, 0.6) is 0 Å². The third-order valence-corrected chi connectivity index (χ3v) is 3.10. The summed E-state index contributed by atoms with van der Waals surface area (Å²) >= 11 is 5.85. The minimum absolute atomic E-state index is 0.110. The highest BCUT2D eigenvalue weighted by Crippen LogP contribution is 2.23. The summed E-state index contributed by atoms with van der Waals surface area (Å²) < 4.78 is 1.66. The molecule has 0 unspecified atom stereocenters. The van der Waals surface area contributed by atoms with Crippen LogP contribution in [0.25, 0.3) is 11.3 Å². The third-order valence-electron chi connectivity index (χ3n) is 2.85. The van der Waals surface area contributed by atoms with Gasteiger partial charge in [0.05, 0.1) is 12.3 Å². The van der Waals surface area contributed by atoms with Gasteiger partial charge in [-0.05, 0) is 12.1 Å². The number of hydrogen-bond donors (Lipinski definition) is 3. The number of hydrogen-bond acceptors (Lipinski definition) is 4. The molecule has 4 N–H and O–H groups in total. The van der Waals surface area contributed by atoms with Gasteiger partial charge in [0, 0.05) is 35.3 Å². The van der Waals surface area contributed by atoms with Gasteiger partial charge < -0.3 is 16.0 Å². The molecule has 106 valence electrons. The van der Waals surface area contributed by atoms with E-state index >= 15 is 0 Å². The Hall–Kier alpha value is -2.05. The zero-order valence-electron chi connectivity index (χ0n) is 10.7. The standard InChI is InChI=1S/C13H15ClN4O2/c14-11-3-1-9(2-4-11)13-10(8-19)7-18(16-13)6-5-12(15)17-20/h1-4,7,19-20H,5-6,8H2,(H2,15,17). The fraction of sp³-hybridized carbons (Fsp3) is 0.231. The quantitative estimate of drug-likeness (QED) is 0.339. The SMILES string of the molecule is N/C(CCn1cc(CO)c(-c2ccc(Cl)cc2)n1)=N\O. The zero-order chi connectivity index (χ0) is 14.5. The Kier molecular flexibility index (Phi) is 4.60. The number of oxime groups is 1. The van der Waals surface area contributed by atoms with E-state index in [1.807, 2.05) is 12.1 Å². The van der Waals surface area contributed by atoms with Crippen LogP contribution in [0.1, 0.15) is 12.0 Å². The molecule has 0 spiro atoms. The molecule has 0 radical (unpaired) electrons. The van der Waals surface area contributed by atoms with Crippen molar-refractivity contribution in [3.8, 4) is 11.3 Å². The van der Waals surface area contributed by atoms with Gasteiger partial charge in [-0.3, -0.25) is 4.68 Å². The van der Waals surface area contributed by atoms with Crippen molar-refractivity contribution < 1.29 is 10.3 Å². The Morgan fingerprint density at radius 3 is 2.65 bits per heavy atom. The lowest BCUT2D eigenvalue weighted by Crippen LogP contribution is -2.15. The van der Waals surface area contributed by atoms with Crippen LogP contribution in [0.2, 0.25) is 5.02 Å². The monoisotopic (exact) mass is 294 g/mol. The summed E-state index contributed by atoms with van der Waals surface area (Å²) in [6.45, 7) is 0.359. The van der Waals surface area contributed by atoms with E-state index in [-0.39, 0.29) is 12.4 Å². The lowest BCUT2D eigenvalue weighted by Gasteiger charge is -2.00. The molecule has 7 heteroatoms. The van der Waals surface area contributed by atoms with E-state index in [9.17, 15) is 5.11 Å². The van der Waals surface area contributed by atoms with E-state index in [2.05, 4.69) is 10.3 Å². The van der Waals surface area contributed by atoms with Crippen molar-refractivity contribution in [1.82, 2.24) is 9.78 Å². The number of rotatable bonds is 5. The summed E-state index contributed by atoms with van der Waals surface area (Å²) in [5.74, 6) is 0.138. The molecule has 0 atom stereocenters. The van der Waals surface area contributed by atoms with Crippen LogP contribution < -0.4 is 5.73 Å². The van der Waals surface area contributed by atoms with Gasteiger partial charge in [0.25, 0.3) is 0 Å². The molecule has 0 saturated heterocycles. The number of nitrogens with zero attached hydrogens (tertiary/aromatic N) is 3. The summed E-state index contributed by atoms with van der Waals surface area (Å²) in [6.07, 6.45) is 2.12. The molecule has 6 nitrogen and oxygen atoms in total. The molecule has 0 fully saturated rings. The first-order chi connectivity index (χ1) is 9.63. The largest absolute Gasteiger partial charge is 0.409 e. The molecule has 1 aromatic carbocycles. The number of halogens is 1. The molecule has 2 rings (SSSR count). The highest BCUT2D eigenvalue weighted by molar-refractivity contribution is 6.30.